The minimum absolute atomic E-state index is 0.0692. The van der Waals surface area contributed by atoms with Crippen LogP contribution in [-0.2, 0) is 6.42 Å². The van der Waals surface area contributed by atoms with Gasteiger partial charge in [-0.3, -0.25) is 0 Å². The van der Waals surface area contributed by atoms with Gasteiger partial charge in [0.15, 0.2) is 17.6 Å². The van der Waals surface area contributed by atoms with Crippen LogP contribution in [0.2, 0.25) is 0 Å². The summed E-state index contributed by atoms with van der Waals surface area (Å²) >= 11 is 0. The maximum absolute atomic E-state index is 12.1. The Hall–Kier alpha value is -2.40. The summed E-state index contributed by atoms with van der Waals surface area (Å²) in [6.07, 6.45) is 7.24. The first kappa shape index (κ1) is 16.1. The first-order chi connectivity index (χ1) is 12.2. The Kier molecular flexibility index (Phi) is 3.96. The Balaban J connectivity index is 1.76. The molecule has 0 saturated heterocycles. The zero-order chi connectivity index (χ0) is 17.6. The summed E-state index contributed by atoms with van der Waals surface area (Å²) in [5.74, 6) is 1.61. The van der Waals surface area contributed by atoms with E-state index in [2.05, 4.69) is 28.0 Å². The topological polar surface area (TPSA) is 57.6 Å². The van der Waals surface area contributed by atoms with Crippen LogP contribution in [0.3, 0.4) is 0 Å². The lowest BCUT2D eigenvalue weighted by Gasteiger charge is -2.43. The molecule has 1 aliphatic carbocycles. The predicted molar refractivity (Wildman–Crippen MR) is 93.5 cm³/mol. The largest absolute Gasteiger partial charge is 0.870 e. The number of benzene rings is 1. The van der Waals surface area contributed by atoms with Crippen LogP contribution in [0.4, 0.5) is 0 Å². The normalized spacial score (nSPS) is 24.3. The van der Waals surface area contributed by atoms with Crippen LogP contribution in [0.25, 0.3) is 0 Å². The van der Waals surface area contributed by atoms with E-state index in [1.165, 1.54) is 16.7 Å². The van der Waals surface area contributed by atoms with E-state index in [1.54, 1.807) is 27.4 Å². The molecule has 2 aliphatic heterocycles. The summed E-state index contributed by atoms with van der Waals surface area (Å²) in [6.45, 7) is 0.929. The molecule has 4 rings (SSSR count). The number of hydrogen-bond donors (Lipinski definition) is 0. The Labute approximate surface area is 147 Å². The number of allylic oxidation sites excluding steroid dienone is 2. The zero-order valence-electron chi connectivity index (χ0n) is 14.8. The van der Waals surface area contributed by atoms with Crippen LogP contribution in [-0.4, -0.2) is 43.6 Å². The SMILES string of the molecule is COc1cc2c(cc1OC)[C@@H]1CC3=CC=C([O-])C([OH+]C)C3=CN1CC2. The molecule has 0 radical (unpaired) electrons. The molecular weight excluding hydrogens is 318 g/mol. The van der Waals surface area contributed by atoms with Gasteiger partial charge in [-0.05, 0) is 47.4 Å². The van der Waals surface area contributed by atoms with Gasteiger partial charge >= 0.3 is 0 Å². The van der Waals surface area contributed by atoms with Gasteiger partial charge in [-0.2, -0.15) is 0 Å². The molecule has 3 aliphatic rings. The van der Waals surface area contributed by atoms with Crippen molar-refractivity contribution in [2.24, 2.45) is 0 Å². The summed E-state index contributed by atoms with van der Waals surface area (Å²) in [5, 5.41) is 12.1. The van der Waals surface area contributed by atoms with Crippen LogP contribution in [0.1, 0.15) is 23.6 Å². The lowest BCUT2D eigenvalue weighted by atomic mass is 9.81. The van der Waals surface area contributed by atoms with Gasteiger partial charge < -0.3 is 24.2 Å². The summed E-state index contributed by atoms with van der Waals surface area (Å²) < 4.78 is 15.2. The average molecular weight is 341 g/mol. The third-order valence-electron chi connectivity index (χ3n) is 5.40. The molecule has 5 nitrogen and oxygen atoms in total. The molecule has 0 amide bonds. The van der Waals surface area contributed by atoms with Crippen molar-refractivity contribution in [3.8, 4) is 11.5 Å². The molecule has 1 N–H and O–H groups in total. The Morgan fingerprint density at radius 3 is 2.64 bits per heavy atom. The highest BCUT2D eigenvalue weighted by Gasteiger charge is 2.36. The molecule has 0 fully saturated rings. The smallest absolute Gasteiger partial charge is 0.194 e. The minimum Gasteiger partial charge on any atom is -0.870 e. The van der Waals surface area contributed by atoms with Crippen molar-refractivity contribution >= 4 is 0 Å². The Morgan fingerprint density at radius 2 is 1.92 bits per heavy atom. The molecule has 0 spiro atoms. The number of ether oxygens (including phenoxy) is 3. The third kappa shape index (κ3) is 2.50. The van der Waals surface area contributed by atoms with Crippen molar-refractivity contribution in [1.29, 1.82) is 0 Å². The number of aliphatic hydroxyl groups is 2. The monoisotopic (exact) mass is 341 g/mol. The number of hydrogen-bond acceptors (Lipinski definition) is 4. The van der Waals surface area contributed by atoms with Crippen LogP contribution in [0.15, 0.2) is 47.4 Å². The highest BCUT2D eigenvalue weighted by Crippen LogP contribution is 2.45. The van der Waals surface area contributed by atoms with Crippen molar-refractivity contribution < 1.29 is 19.3 Å². The highest BCUT2D eigenvalue weighted by molar-refractivity contribution is 5.53. The van der Waals surface area contributed by atoms with Crippen LogP contribution in [0.5, 0.6) is 11.5 Å². The average Bonchev–Trinajstić information content (AvgIpc) is 2.65. The second-order valence-corrected chi connectivity index (χ2v) is 6.62. The molecule has 0 saturated carbocycles. The van der Waals surface area contributed by atoms with E-state index in [-0.39, 0.29) is 17.9 Å². The second kappa shape index (κ2) is 6.15. The molecule has 0 bridgehead atoms. The molecule has 2 atom stereocenters. The molecule has 1 aromatic carbocycles. The molecule has 2 heterocycles. The van der Waals surface area contributed by atoms with Gasteiger partial charge in [-0.15, -0.1) is 0 Å². The van der Waals surface area contributed by atoms with Gasteiger partial charge in [0.25, 0.3) is 0 Å². The summed E-state index contributed by atoms with van der Waals surface area (Å²) in [7, 11) is 5.05. The second-order valence-electron chi connectivity index (χ2n) is 6.62. The minimum atomic E-state index is -0.354. The van der Waals surface area contributed by atoms with E-state index in [9.17, 15) is 5.11 Å². The Morgan fingerprint density at radius 1 is 1.16 bits per heavy atom. The van der Waals surface area contributed by atoms with Gasteiger partial charge in [-0.1, -0.05) is 12.2 Å². The summed E-state index contributed by atoms with van der Waals surface area (Å²) in [6, 6.07) is 4.46. The quantitative estimate of drug-likeness (QED) is 0.784. The van der Waals surface area contributed by atoms with E-state index in [4.69, 9.17) is 9.47 Å². The fourth-order valence-electron chi connectivity index (χ4n) is 4.12. The van der Waals surface area contributed by atoms with E-state index in [0.717, 1.165) is 36.5 Å². The fraction of sp³-hybridized carbons (Fsp3) is 0.400. The van der Waals surface area contributed by atoms with E-state index in [1.807, 2.05) is 6.08 Å². The fourth-order valence-corrected chi connectivity index (χ4v) is 4.12. The van der Waals surface area contributed by atoms with E-state index in [0.29, 0.717) is 0 Å². The maximum Gasteiger partial charge on any atom is 0.194 e. The van der Waals surface area contributed by atoms with Crippen LogP contribution < -0.4 is 14.6 Å². The van der Waals surface area contributed by atoms with E-state index < -0.39 is 0 Å². The molecule has 132 valence electrons. The highest BCUT2D eigenvalue weighted by atomic mass is 16.5. The van der Waals surface area contributed by atoms with E-state index >= 15 is 0 Å². The van der Waals surface area contributed by atoms with Crippen molar-refractivity contribution in [2.45, 2.75) is 25.0 Å². The van der Waals surface area contributed by atoms with Crippen molar-refractivity contribution in [3.63, 3.8) is 0 Å². The first-order valence-corrected chi connectivity index (χ1v) is 8.55. The van der Waals surface area contributed by atoms with Crippen molar-refractivity contribution in [2.75, 3.05) is 27.9 Å². The van der Waals surface area contributed by atoms with Gasteiger partial charge in [0.05, 0.1) is 25.8 Å². The van der Waals surface area contributed by atoms with Gasteiger partial charge in [-0.25, -0.2) is 0 Å². The van der Waals surface area contributed by atoms with Crippen molar-refractivity contribution in [3.05, 3.63) is 58.5 Å². The molecule has 5 heteroatoms. The van der Waals surface area contributed by atoms with Gasteiger partial charge in [0, 0.05) is 12.7 Å². The van der Waals surface area contributed by atoms with Crippen LogP contribution in [0, 0.1) is 0 Å². The first-order valence-electron chi connectivity index (χ1n) is 8.55. The van der Waals surface area contributed by atoms with Crippen LogP contribution >= 0.6 is 0 Å². The predicted octanol–water partition coefficient (Wildman–Crippen LogP) is 1.60. The standard InChI is InChI=1S/C20H23NO4/c1-23-18-9-13-6-7-21-11-15-12(4-5-17(22)20(15)25-3)8-16(21)14(13)10-19(18)24-2/h4-5,9-11,16,20,22H,6-8H2,1-3H3/t16-,20?/m0/s1. The molecule has 1 aromatic rings. The van der Waals surface area contributed by atoms with Gasteiger partial charge in [0.2, 0.25) is 0 Å². The number of methoxy groups -OCH3 is 2. The van der Waals surface area contributed by atoms with Crippen molar-refractivity contribution in [1.82, 2.24) is 4.90 Å². The molecule has 0 aromatic heterocycles. The Bertz CT molecular complexity index is 793. The molecule has 1 unspecified atom stereocenters. The number of fused-ring (bicyclic) bond motifs is 4. The van der Waals surface area contributed by atoms with Gasteiger partial charge in [0.1, 0.15) is 7.11 Å². The number of nitrogens with zero attached hydrogens (tertiary/aromatic N) is 1. The summed E-state index contributed by atoms with van der Waals surface area (Å²) in [5.41, 5.74) is 4.85. The molecular formula is C20H23NO4. The maximum atomic E-state index is 12.1. The number of rotatable bonds is 3. The zero-order valence-corrected chi connectivity index (χ0v) is 14.8. The molecule has 25 heavy (non-hydrogen) atoms. The summed E-state index contributed by atoms with van der Waals surface area (Å²) in [4.78, 5) is 2.34. The lowest BCUT2D eigenvalue weighted by molar-refractivity contribution is -0.327. The lowest BCUT2D eigenvalue weighted by Crippen LogP contribution is -2.39. The third-order valence-corrected chi connectivity index (χ3v) is 5.40.